The first kappa shape index (κ1) is 19.7. The van der Waals surface area contributed by atoms with Crippen LogP contribution in [0, 0.1) is 0 Å². The van der Waals surface area contributed by atoms with Crippen LogP contribution in [0.4, 0.5) is 4.79 Å². The van der Waals surface area contributed by atoms with Crippen LogP contribution in [-0.4, -0.2) is 42.9 Å². The third kappa shape index (κ3) is 3.98. The minimum atomic E-state index is -3.58. The normalized spacial score (nSPS) is 26.0. The summed E-state index contributed by atoms with van der Waals surface area (Å²) in [5.74, 6) is -0.812. The minimum absolute atomic E-state index is 0.132. The van der Waals surface area contributed by atoms with Gasteiger partial charge in [0.05, 0.1) is 0 Å². The molecule has 6 nitrogen and oxygen atoms in total. The van der Waals surface area contributed by atoms with Crippen molar-refractivity contribution in [2.75, 3.05) is 5.75 Å². The van der Waals surface area contributed by atoms with E-state index in [1.807, 2.05) is 0 Å². The maximum Gasteiger partial charge on any atom is 0.408 e. The highest BCUT2D eigenvalue weighted by Crippen LogP contribution is 2.55. The monoisotopic (exact) mass is 387 g/mol. The molecule has 1 saturated carbocycles. The Balaban J connectivity index is 2.40. The number of ether oxygens (including phenoxy) is 1. The van der Waals surface area contributed by atoms with Crippen LogP contribution in [0.2, 0.25) is 5.02 Å². The summed E-state index contributed by atoms with van der Waals surface area (Å²) >= 11 is 5.87. The van der Waals surface area contributed by atoms with E-state index in [1.165, 1.54) is 6.92 Å². The van der Waals surface area contributed by atoms with Crippen LogP contribution in [0.1, 0.15) is 39.2 Å². The molecular weight excluding hydrogens is 366 g/mol. The van der Waals surface area contributed by atoms with Gasteiger partial charge in [-0.2, -0.15) is 0 Å². The highest BCUT2D eigenvalue weighted by atomic mass is 35.5. The van der Waals surface area contributed by atoms with E-state index in [9.17, 15) is 18.0 Å². The summed E-state index contributed by atoms with van der Waals surface area (Å²) in [4.78, 5) is 24.0. The quantitative estimate of drug-likeness (QED) is 0.784. The van der Waals surface area contributed by atoms with Crippen LogP contribution in [0.5, 0.6) is 0 Å². The standard InChI is InChI=1S/C17H22ClNO5S/c1-5-25(22,23)14-13(11-6-8-12(18)9-7-11)17(14,10-20)19-15(21)24-16(2,3)4/h6-10,13-14H,5H2,1-4H3,(H,19,21). The van der Waals surface area contributed by atoms with E-state index < -0.39 is 38.2 Å². The predicted octanol–water partition coefficient (Wildman–Crippen LogP) is 2.70. The Morgan fingerprint density at radius 3 is 2.32 bits per heavy atom. The molecule has 138 valence electrons. The molecule has 3 atom stereocenters. The maximum atomic E-state index is 12.5. The molecule has 1 fully saturated rings. The van der Waals surface area contributed by atoms with Crippen molar-refractivity contribution in [3.05, 3.63) is 34.9 Å². The summed E-state index contributed by atoms with van der Waals surface area (Å²) in [6.45, 7) is 6.56. The van der Waals surface area contributed by atoms with Gasteiger partial charge in [-0.25, -0.2) is 13.2 Å². The van der Waals surface area contributed by atoms with Gasteiger partial charge in [0.1, 0.15) is 22.7 Å². The fraction of sp³-hybridized carbons (Fsp3) is 0.529. The zero-order valence-electron chi connectivity index (χ0n) is 14.6. The second kappa shape index (κ2) is 6.61. The molecule has 1 aliphatic carbocycles. The fourth-order valence-electron chi connectivity index (χ4n) is 2.98. The molecule has 0 heterocycles. The Morgan fingerprint density at radius 1 is 1.32 bits per heavy atom. The average Bonchev–Trinajstić information content (AvgIpc) is 3.15. The average molecular weight is 388 g/mol. The van der Waals surface area contributed by atoms with Crippen LogP contribution >= 0.6 is 11.6 Å². The Labute approximate surface area is 152 Å². The molecule has 8 heteroatoms. The van der Waals surface area contributed by atoms with Crippen molar-refractivity contribution in [3.8, 4) is 0 Å². The van der Waals surface area contributed by atoms with E-state index in [1.54, 1.807) is 45.0 Å². The zero-order valence-corrected chi connectivity index (χ0v) is 16.1. The summed E-state index contributed by atoms with van der Waals surface area (Å²) in [6.07, 6.45) is -0.332. The van der Waals surface area contributed by atoms with E-state index in [0.29, 0.717) is 16.9 Å². The van der Waals surface area contributed by atoms with Gasteiger partial charge in [-0.05, 0) is 38.5 Å². The number of hydrogen-bond donors (Lipinski definition) is 1. The number of sulfone groups is 1. The van der Waals surface area contributed by atoms with Gasteiger partial charge in [0, 0.05) is 16.7 Å². The third-order valence-electron chi connectivity index (χ3n) is 4.11. The number of amides is 1. The molecule has 0 saturated heterocycles. The third-order valence-corrected chi connectivity index (χ3v) is 6.60. The number of aldehydes is 1. The first-order valence-corrected chi connectivity index (χ1v) is 10.0. The number of alkyl carbamates (subject to hydrolysis) is 1. The van der Waals surface area contributed by atoms with Crippen molar-refractivity contribution < 1.29 is 22.7 Å². The molecular formula is C17H22ClNO5S. The number of halogens is 1. The molecule has 1 aliphatic rings. The van der Waals surface area contributed by atoms with Crippen molar-refractivity contribution in [2.45, 2.75) is 50.0 Å². The number of hydrogen-bond acceptors (Lipinski definition) is 5. The number of carbonyl (C=O) groups excluding carboxylic acids is 2. The van der Waals surface area contributed by atoms with Gasteiger partial charge < -0.3 is 14.8 Å². The first-order chi connectivity index (χ1) is 11.5. The zero-order chi connectivity index (χ0) is 19.0. The molecule has 1 aromatic carbocycles. The molecule has 3 unspecified atom stereocenters. The smallest absolute Gasteiger partial charge is 0.408 e. The SMILES string of the molecule is CCS(=O)(=O)C1C(c2ccc(Cl)cc2)C1(C=O)NC(=O)OC(C)(C)C. The highest BCUT2D eigenvalue weighted by molar-refractivity contribution is 7.92. The minimum Gasteiger partial charge on any atom is -0.444 e. The Bertz CT molecular complexity index is 769. The number of carbonyl (C=O) groups is 2. The van der Waals surface area contributed by atoms with Gasteiger partial charge >= 0.3 is 6.09 Å². The lowest BCUT2D eigenvalue weighted by Gasteiger charge is -2.22. The molecule has 0 aromatic heterocycles. The highest BCUT2D eigenvalue weighted by Gasteiger charge is 2.72. The lowest BCUT2D eigenvalue weighted by molar-refractivity contribution is -0.110. The van der Waals surface area contributed by atoms with Crippen molar-refractivity contribution in [1.29, 1.82) is 0 Å². The Kier molecular flexibility index (Phi) is 5.21. The number of rotatable bonds is 5. The molecule has 1 amide bonds. The summed E-state index contributed by atoms with van der Waals surface area (Å²) in [7, 11) is -3.58. The molecule has 2 rings (SSSR count). The molecule has 0 aliphatic heterocycles. The number of benzene rings is 1. The van der Waals surface area contributed by atoms with Crippen molar-refractivity contribution in [1.82, 2.24) is 5.32 Å². The fourth-order valence-corrected chi connectivity index (χ4v) is 5.04. The van der Waals surface area contributed by atoms with E-state index in [2.05, 4.69) is 5.32 Å². The predicted molar refractivity (Wildman–Crippen MR) is 95.6 cm³/mol. The molecule has 0 radical (unpaired) electrons. The number of nitrogens with one attached hydrogen (secondary N) is 1. The molecule has 0 bridgehead atoms. The first-order valence-electron chi connectivity index (χ1n) is 7.91. The summed E-state index contributed by atoms with van der Waals surface area (Å²) in [5.41, 5.74) is -1.68. The lowest BCUT2D eigenvalue weighted by Crippen LogP contribution is -2.45. The van der Waals surface area contributed by atoms with Crippen LogP contribution in [0.25, 0.3) is 0 Å². The maximum absolute atomic E-state index is 12.5. The lowest BCUT2D eigenvalue weighted by atomic mass is 10.1. The van der Waals surface area contributed by atoms with E-state index in [-0.39, 0.29) is 5.75 Å². The topological polar surface area (TPSA) is 89.5 Å². The molecule has 0 spiro atoms. The summed E-state index contributed by atoms with van der Waals surface area (Å²) in [6, 6.07) is 6.56. The molecule has 1 N–H and O–H groups in total. The molecule has 1 aromatic rings. The molecule has 25 heavy (non-hydrogen) atoms. The van der Waals surface area contributed by atoms with Gasteiger partial charge in [0.25, 0.3) is 0 Å². The van der Waals surface area contributed by atoms with E-state index in [0.717, 1.165) is 0 Å². The van der Waals surface area contributed by atoms with Crippen LogP contribution in [0.3, 0.4) is 0 Å². The van der Waals surface area contributed by atoms with Crippen molar-refractivity contribution >= 4 is 33.8 Å². The Morgan fingerprint density at radius 2 is 1.88 bits per heavy atom. The van der Waals surface area contributed by atoms with E-state index >= 15 is 0 Å². The van der Waals surface area contributed by atoms with Crippen LogP contribution < -0.4 is 5.32 Å². The van der Waals surface area contributed by atoms with Crippen molar-refractivity contribution in [2.24, 2.45) is 0 Å². The van der Waals surface area contributed by atoms with Crippen LogP contribution in [0.15, 0.2) is 24.3 Å². The Hall–Kier alpha value is -1.60. The van der Waals surface area contributed by atoms with Gasteiger partial charge in [-0.3, -0.25) is 0 Å². The van der Waals surface area contributed by atoms with E-state index in [4.69, 9.17) is 16.3 Å². The second-order valence-corrected chi connectivity index (χ2v) is 9.93. The van der Waals surface area contributed by atoms with Crippen molar-refractivity contribution in [3.63, 3.8) is 0 Å². The van der Waals surface area contributed by atoms with Gasteiger partial charge in [-0.15, -0.1) is 0 Å². The largest absolute Gasteiger partial charge is 0.444 e. The second-order valence-electron chi connectivity index (χ2n) is 7.08. The van der Waals surface area contributed by atoms with Crippen LogP contribution in [-0.2, 0) is 19.4 Å². The summed E-state index contributed by atoms with van der Waals surface area (Å²) in [5, 5.41) is 1.95. The van der Waals surface area contributed by atoms with Gasteiger partial charge in [-0.1, -0.05) is 30.7 Å². The summed E-state index contributed by atoms with van der Waals surface area (Å²) < 4.78 is 30.1. The van der Waals surface area contributed by atoms with Gasteiger partial charge in [0.15, 0.2) is 9.84 Å². The van der Waals surface area contributed by atoms with Gasteiger partial charge in [0.2, 0.25) is 0 Å².